The lowest BCUT2D eigenvalue weighted by molar-refractivity contribution is -0.479. The molecule has 1 aromatic heterocycles. The first-order valence-electron chi connectivity index (χ1n) is 11.5. The maximum absolute atomic E-state index is 11.7. The number of benzene rings is 3. The number of hydrogen-bond donors (Lipinski definition) is 0. The summed E-state index contributed by atoms with van der Waals surface area (Å²) in [5.41, 5.74) is 2.29. The Balaban J connectivity index is 1.66. The molecule has 0 aliphatic heterocycles. The topological polar surface area (TPSA) is 92.3 Å². The van der Waals surface area contributed by atoms with Crippen molar-refractivity contribution < 1.29 is 14.4 Å². The van der Waals surface area contributed by atoms with Crippen molar-refractivity contribution in [2.75, 3.05) is 13.2 Å². The third-order valence-corrected chi connectivity index (χ3v) is 7.41. The molecule has 198 valence electrons. The Kier molecular flexibility index (Phi) is 9.38. The molecule has 0 saturated heterocycles. The van der Waals surface area contributed by atoms with Gasteiger partial charge in [-0.2, -0.15) is 0 Å². The van der Waals surface area contributed by atoms with Crippen LogP contribution in [0.4, 0.5) is 0 Å². The Morgan fingerprint density at radius 2 is 1.66 bits per heavy atom. The van der Waals surface area contributed by atoms with Gasteiger partial charge in [0.25, 0.3) is 0 Å². The monoisotopic (exact) mass is 592 g/mol. The number of aromatic nitrogens is 3. The predicted molar refractivity (Wildman–Crippen MR) is 150 cm³/mol. The minimum atomic E-state index is -0.637. The van der Waals surface area contributed by atoms with Crippen LogP contribution < -0.4 is 9.47 Å². The molecule has 4 rings (SSSR count). The van der Waals surface area contributed by atoms with Crippen molar-refractivity contribution in [1.29, 1.82) is 0 Å². The Morgan fingerprint density at radius 3 is 2.29 bits per heavy atom. The Bertz CT molecular complexity index is 1420. The lowest BCUT2D eigenvalue weighted by Crippen LogP contribution is -2.12. The number of hydrogen-bond acceptors (Lipinski definition) is 7. The lowest BCUT2D eigenvalue weighted by Gasteiger charge is -2.19. The third kappa shape index (κ3) is 6.91. The van der Waals surface area contributed by atoms with Crippen LogP contribution in [0.15, 0.2) is 65.8 Å². The van der Waals surface area contributed by atoms with Gasteiger partial charge in [0.1, 0.15) is 17.7 Å². The van der Waals surface area contributed by atoms with Crippen molar-refractivity contribution in [3.8, 4) is 17.2 Å². The van der Waals surface area contributed by atoms with E-state index in [-0.39, 0.29) is 23.1 Å². The van der Waals surface area contributed by atoms with E-state index >= 15 is 0 Å². The quantitative estimate of drug-likeness (QED) is 0.100. The highest BCUT2D eigenvalue weighted by Gasteiger charge is 2.26. The van der Waals surface area contributed by atoms with Gasteiger partial charge in [-0.3, -0.25) is 14.7 Å². The number of rotatable bonds is 11. The summed E-state index contributed by atoms with van der Waals surface area (Å²) < 4.78 is 13.6. The maximum atomic E-state index is 11.7. The van der Waals surface area contributed by atoms with Crippen LogP contribution >= 0.6 is 46.6 Å². The highest BCUT2D eigenvalue weighted by molar-refractivity contribution is 7.99. The molecule has 0 saturated carbocycles. The third-order valence-electron chi connectivity index (χ3n) is 5.44. The maximum Gasteiger partial charge on any atom is 0.220 e. The van der Waals surface area contributed by atoms with Crippen molar-refractivity contribution in [3.05, 3.63) is 103 Å². The molecular formula is C26H23Cl3N4O4S. The number of thioether (sulfide) groups is 1. The summed E-state index contributed by atoms with van der Waals surface area (Å²) in [6, 6.07) is 17.8. The van der Waals surface area contributed by atoms with E-state index in [9.17, 15) is 10.1 Å². The molecule has 0 fully saturated rings. The average molecular weight is 594 g/mol. The highest BCUT2D eigenvalue weighted by atomic mass is 35.5. The van der Waals surface area contributed by atoms with E-state index in [0.717, 1.165) is 11.3 Å². The normalized spacial score (nSPS) is 11.8. The van der Waals surface area contributed by atoms with Gasteiger partial charge in [0, 0.05) is 20.7 Å². The van der Waals surface area contributed by atoms with Crippen molar-refractivity contribution in [2.24, 2.45) is 0 Å². The highest BCUT2D eigenvalue weighted by Crippen LogP contribution is 2.43. The Hall–Kier alpha value is -2.98. The minimum Gasteiger partial charge on any atom is -0.490 e. The summed E-state index contributed by atoms with van der Waals surface area (Å²) >= 11 is 19.9. The van der Waals surface area contributed by atoms with E-state index in [2.05, 4.69) is 10.2 Å². The molecule has 0 unspecified atom stereocenters. The van der Waals surface area contributed by atoms with Crippen LogP contribution in [-0.2, 0) is 6.61 Å². The number of nitro groups is 1. The van der Waals surface area contributed by atoms with Crippen LogP contribution in [0.1, 0.15) is 29.1 Å². The standard InChI is InChI=1S/C26H23Cl3N4O4S/c1-3-36-23-13-18(12-22(29)25(23)37-15-17-4-6-19(27)7-5-17)24(14-32(34)35)38-26-31-30-16(2)33(26)21-10-8-20(28)9-11-21/h4-13,24H,3,14-15H2,1-2H3/t24-/m1/s1. The van der Waals surface area contributed by atoms with E-state index in [1.807, 2.05) is 42.7 Å². The van der Waals surface area contributed by atoms with Crippen LogP contribution in [0.3, 0.4) is 0 Å². The van der Waals surface area contributed by atoms with E-state index in [4.69, 9.17) is 44.3 Å². The molecule has 3 aromatic carbocycles. The smallest absolute Gasteiger partial charge is 0.220 e. The Morgan fingerprint density at radius 1 is 1.00 bits per heavy atom. The summed E-state index contributed by atoms with van der Waals surface area (Å²) in [7, 11) is 0. The molecular weight excluding hydrogens is 571 g/mol. The fourth-order valence-electron chi connectivity index (χ4n) is 3.69. The zero-order chi connectivity index (χ0) is 27.2. The number of aryl methyl sites for hydroxylation is 1. The fourth-order valence-corrected chi connectivity index (χ4v) is 5.37. The van der Waals surface area contributed by atoms with Gasteiger partial charge in [0.05, 0.1) is 11.6 Å². The van der Waals surface area contributed by atoms with Gasteiger partial charge < -0.3 is 9.47 Å². The van der Waals surface area contributed by atoms with Crippen molar-refractivity contribution in [3.63, 3.8) is 0 Å². The summed E-state index contributed by atoms with van der Waals surface area (Å²) in [5.74, 6) is 1.39. The molecule has 0 spiro atoms. The summed E-state index contributed by atoms with van der Waals surface area (Å²) in [6.07, 6.45) is 0. The van der Waals surface area contributed by atoms with Gasteiger partial charge in [-0.25, -0.2) is 0 Å². The van der Waals surface area contributed by atoms with Crippen LogP contribution in [0.2, 0.25) is 15.1 Å². The predicted octanol–water partition coefficient (Wildman–Crippen LogP) is 7.62. The van der Waals surface area contributed by atoms with Crippen LogP contribution in [0.25, 0.3) is 5.69 Å². The summed E-state index contributed by atoms with van der Waals surface area (Å²) in [5, 5.41) is 21.5. The first kappa shape index (κ1) is 28.0. The SMILES string of the molecule is CCOc1cc([C@@H](C[N+](=O)[O-])Sc2nnc(C)n2-c2ccc(Cl)cc2)cc(Cl)c1OCc1ccc(Cl)cc1. The van der Waals surface area contributed by atoms with Gasteiger partial charge in [-0.15, -0.1) is 10.2 Å². The summed E-state index contributed by atoms with van der Waals surface area (Å²) in [6.45, 7) is 3.88. The largest absolute Gasteiger partial charge is 0.490 e. The number of halogens is 3. The second kappa shape index (κ2) is 12.7. The lowest BCUT2D eigenvalue weighted by atomic mass is 10.1. The van der Waals surface area contributed by atoms with Gasteiger partial charge in [0.15, 0.2) is 16.7 Å². The molecule has 0 N–H and O–H groups in total. The van der Waals surface area contributed by atoms with Gasteiger partial charge in [0.2, 0.25) is 6.54 Å². The van der Waals surface area contributed by atoms with Crippen molar-refractivity contribution in [2.45, 2.75) is 30.9 Å². The zero-order valence-corrected chi connectivity index (χ0v) is 23.5. The van der Waals surface area contributed by atoms with Gasteiger partial charge in [-0.1, -0.05) is 58.7 Å². The van der Waals surface area contributed by atoms with Crippen LogP contribution in [-0.4, -0.2) is 32.8 Å². The van der Waals surface area contributed by atoms with Gasteiger partial charge >= 0.3 is 0 Å². The molecule has 0 amide bonds. The molecule has 0 aliphatic rings. The molecule has 0 aliphatic carbocycles. The molecule has 1 atom stereocenters. The number of nitrogens with zero attached hydrogens (tertiary/aromatic N) is 4. The molecule has 38 heavy (non-hydrogen) atoms. The van der Waals surface area contributed by atoms with Crippen molar-refractivity contribution in [1.82, 2.24) is 14.8 Å². The summed E-state index contributed by atoms with van der Waals surface area (Å²) in [4.78, 5) is 11.3. The molecule has 4 aromatic rings. The first-order valence-corrected chi connectivity index (χ1v) is 13.6. The molecule has 0 bridgehead atoms. The first-order chi connectivity index (χ1) is 18.2. The van der Waals surface area contributed by atoms with E-state index in [1.165, 1.54) is 11.8 Å². The van der Waals surface area contributed by atoms with E-state index in [1.54, 1.807) is 36.4 Å². The Labute approximate surface area is 239 Å². The minimum absolute atomic E-state index is 0.243. The molecule has 0 radical (unpaired) electrons. The van der Waals surface area contributed by atoms with E-state index in [0.29, 0.717) is 44.7 Å². The molecule has 8 nitrogen and oxygen atoms in total. The average Bonchev–Trinajstić information content (AvgIpc) is 3.24. The molecule has 1 heterocycles. The second-order valence-corrected chi connectivity index (χ2v) is 10.6. The van der Waals surface area contributed by atoms with E-state index < -0.39 is 5.25 Å². The van der Waals surface area contributed by atoms with Crippen molar-refractivity contribution >= 4 is 46.6 Å². The van der Waals surface area contributed by atoms with Crippen LogP contribution in [0.5, 0.6) is 11.5 Å². The fraction of sp³-hybridized carbons (Fsp3) is 0.231. The number of ether oxygens (including phenoxy) is 2. The second-order valence-electron chi connectivity index (χ2n) is 8.14. The molecule has 12 heteroatoms. The van der Waals surface area contributed by atoms with Gasteiger partial charge in [-0.05, 0) is 73.5 Å². The van der Waals surface area contributed by atoms with Crippen LogP contribution in [0, 0.1) is 17.0 Å². The zero-order valence-electron chi connectivity index (χ0n) is 20.4.